The van der Waals surface area contributed by atoms with Crippen LogP contribution in [0.25, 0.3) is 5.95 Å². The summed E-state index contributed by atoms with van der Waals surface area (Å²) in [5.74, 6) is 1.96. The Morgan fingerprint density at radius 3 is 2.78 bits per heavy atom. The molecule has 1 N–H and O–H groups in total. The van der Waals surface area contributed by atoms with Gasteiger partial charge in [0, 0.05) is 57.5 Å². The third kappa shape index (κ3) is 6.97. The van der Waals surface area contributed by atoms with E-state index in [0.717, 1.165) is 11.3 Å². The quantitative estimate of drug-likeness (QED) is 0.428. The molecule has 1 fully saturated rings. The van der Waals surface area contributed by atoms with Crippen molar-refractivity contribution in [2.75, 3.05) is 31.6 Å². The molecule has 0 bridgehead atoms. The summed E-state index contributed by atoms with van der Waals surface area (Å²) in [6, 6.07) is 8.98. The van der Waals surface area contributed by atoms with Crippen molar-refractivity contribution in [3.05, 3.63) is 59.8 Å². The van der Waals surface area contributed by atoms with E-state index in [1.807, 2.05) is 47.9 Å². The van der Waals surface area contributed by atoms with Crippen LogP contribution >= 0.6 is 11.6 Å². The zero-order valence-corrected chi connectivity index (χ0v) is 22.1. The van der Waals surface area contributed by atoms with Gasteiger partial charge in [-0.05, 0) is 23.6 Å². The maximum Gasteiger partial charge on any atom is 0.238 e. The summed E-state index contributed by atoms with van der Waals surface area (Å²) in [5.41, 5.74) is 0.939. The molecule has 0 saturated carbocycles. The number of nitrogens with one attached hydrogen (secondary N) is 1. The molecule has 1 saturated heterocycles. The van der Waals surface area contributed by atoms with Gasteiger partial charge in [0.2, 0.25) is 17.8 Å². The number of aromatic nitrogens is 4. The maximum atomic E-state index is 13.0. The van der Waals surface area contributed by atoms with Crippen molar-refractivity contribution < 1.29 is 14.3 Å². The van der Waals surface area contributed by atoms with Crippen LogP contribution in [0, 0.1) is 5.92 Å². The van der Waals surface area contributed by atoms with E-state index < -0.39 is 0 Å². The lowest BCUT2D eigenvalue weighted by Crippen LogP contribution is -2.56. The van der Waals surface area contributed by atoms with E-state index in [4.69, 9.17) is 21.3 Å². The van der Waals surface area contributed by atoms with Gasteiger partial charge in [-0.15, -0.1) is 0 Å². The van der Waals surface area contributed by atoms with Crippen LogP contribution in [0.1, 0.15) is 32.3 Å². The van der Waals surface area contributed by atoms with Gasteiger partial charge in [0.05, 0.1) is 13.2 Å². The highest BCUT2D eigenvalue weighted by Crippen LogP contribution is 2.25. The fourth-order valence-corrected chi connectivity index (χ4v) is 4.51. The number of amides is 2. The fourth-order valence-electron chi connectivity index (χ4n) is 4.34. The molecule has 0 radical (unpaired) electrons. The number of anilines is 1. The standard InChI is InChI=1S/C26H32ClN7O3/c1-18(2)11-25(36)32-9-10-34(23-14-22(27)30-26(31-23)33-8-7-28-17-33)20(16-32)13-24(35)29-15-19-5-4-6-21(12-19)37-3/h4-8,12,14,17-18,20H,9-11,13,15-16H2,1-3H3,(H,29,35). The third-order valence-corrected chi connectivity index (χ3v) is 6.36. The average Bonchev–Trinajstić information content (AvgIpc) is 3.42. The van der Waals surface area contributed by atoms with Gasteiger partial charge in [0.15, 0.2) is 0 Å². The van der Waals surface area contributed by atoms with Crippen molar-refractivity contribution in [3.63, 3.8) is 0 Å². The number of hydrogen-bond donors (Lipinski definition) is 1. The number of piperazine rings is 1. The summed E-state index contributed by atoms with van der Waals surface area (Å²) in [6.07, 6.45) is 5.64. The molecule has 0 aliphatic carbocycles. The monoisotopic (exact) mass is 525 g/mol. The predicted molar refractivity (Wildman–Crippen MR) is 141 cm³/mol. The smallest absolute Gasteiger partial charge is 0.238 e. The van der Waals surface area contributed by atoms with Gasteiger partial charge >= 0.3 is 0 Å². The van der Waals surface area contributed by atoms with Crippen molar-refractivity contribution >= 4 is 29.2 Å². The number of ether oxygens (including phenoxy) is 1. The van der Waals surface area contributed by atoms with Crippen LogP contribution in [0.2, 0.25) is 5.15 Å². The molecule has 3 aromatic rings. The first-order valence-electron chi connectivity index (χ1n) is 12.3. The van der Waals surface area contributed by atoms with E-state index in [9.17, 15) is 9.59 Å². The summed E-state index contributed by atoms with van der Waals surface area (Å²) in [6.45, 7) is 5.91. The van der Waals surface area contributed by atoms with Gasteiger partial charge < -0.3 is 19.9 Å². The molecule has 10 nitrogen and oxygen atoms in total. The zero-order valence-electron chi connectivity index (χ0n) is 21.3. The minimum atomic E-state index is -0.281. The van der Waals surface area contributed by atoms with E-state index in [-0.39, 0.29) is 35.3 Å². The van der Waals surface area contributed by atoms with Crippen LogP contribution in [0.3, 0.4) is 0 Å². The molecular formula is C26H32ClN7O3. The molecule has 196 valence electrons. The van der Waals surface area contributed by atoms with Crippen molar-refractivity contribution in [2.24, 2.45) is 5.92 Å². The second-order valence-corrected chi connectivity index (χ2v) is 9.82. The van der Waals surface area contributed by atoms with Crippen molar-refractivity contribution in [1.29, 1.82) is 0 Å². The molecule has 37 heavy (non-hydrogen) atoms. The van der Waals surface area contributed by atoms with E-state index in [0.29, 0.717) is 44.4 Å². The maximum absolute atomic E-state index is 13.0. The first-order chi connectivity index (χ1) is 17.8. The summed E-state index contributed by atoms with van der Waals surface area (Å²) < 4.78 is 6.94. The summed E-state index contributed by atoms with van der Waals surface area (Å²) in [4.78, 5) is 42.8. The van der Waals surface area contributed by atoms with Crippen LogP contribution in [-0.4, -0.2) is 69.0 Å². The number of methoxy groups -OCH3 is 1. The molecular weight excluding hydrogens is 494 g/mol. The highest BCUT2D eigenvalue weighted by Gasteiger charge is 2.32. The summed E-state index contributed by atoms with van der Waals surface area (Å²) in [5, 5.41) is 3.28. The van der Waals surface area contributed by atoms with Gasteiger partial charge in [-0.3, -0.25) is 14.2 Å². The number of nitrogens with zero attached hydrogens (tertiary/aromatic N) is 6. The Hall–Kier alpha value is -3.66. The van der Waals surface area contributed by atoms with Crippen LogP contribution in [0.5, 0.6) is 5.75 Å². The lowest BCUT2D eigenvalue weighted by Gasteiger charge is -2.42. The minimum Gasteiger partial charge on any atom is -0.497 e. The number of carbonyl (C=O) groups is 2. The molecule has 2 aromatic heterocycles. The molecule has 2 amide bonds. The van der Waals surface area contributed by atoms with E-state index in [1.165, 1.54) is 0 Å². The Balaban J connectivity index is 1.53. The SMILES string of the molecule is COc1cccc(CNC(=O)CC2CN(C(=O)CC(C)C)CCN2c2cc(Cl)nc(-n3ccnc3)n2)c1. The van der Waals surface area contributed by atoms with Crippen molar-refractivity contribution in [2.45, 2.75) is 39.3 Å². The number of hydrogen-bond acceptors (Lipinski definition) is 7. The molecule has 3 heterocycles. The van der Waals surface area contributed by atoms with E-state index in [2.05, 4.69) is 15.3 Å². The lowest BCUT2D eigenvalue weighted by molar-refractivity contribution is -0.133. The van der Waals surface area contributed by atoms with Gasteiger partial charge in [0.1, 0.15) is 23.0 Å². The Labute approximate surface area is 221 Å². The predicted octanol–water partition coefficient (Wildman–Crippen LogP) is 3.09. The Morgan fingerprint density at radius 1 is 1.22 bits per heavy atom. The van der Waals surface area contributed by atoms with Crippen LogP contribution in [-0.2, 0) is 16.1 Å². The minimum absolute atomic E-state index is 0.0938. The average molecular weight is 526 g/mol. The van der Waals surface area contributed by atoms with Gasteiger partial charge in [-0.25, -0.2) is 9.97 Å². The number of halogens is 1. The number of benzene rings is 1. The van der Waals surface area contributed by atoms with Crippen molar-refractivity contribution in [1.82, 2.24) is 29.7 Å². The van der Waals surface area contributed by atoms with E-state index >= 15 is 0 Å². The van der Waals surface area contributed by atoms with Gasteiger partial charge in [-0.1, -0.05) is 37.6 Å². The molecule has 11 heteroatoms. The molecule has 1 aromatic carbocycles. The normalized spacial score (nSPS) is 15.6. The first-order valence-corrected chi connectivity index (χ1v) is 12.7. The second kappa shape index (κ2) is 12.1. The summed E-state index contributed by atoms with van der Waals surface area (Å²) in [7, 11) is 1.61. The van der Waals surface area contributed by atoms with Gasteiger partial charge in [-0.2, -0.15) is 4.98 Å². The second-order valence-electron chi connectivity index (χ2n) is 9.44. The van der Waals surface area contributed by atoms with Gasteiger partial charge in [0.25, 0.3) is 0 Å². The molecule has 0 spiro atoms. The Morgan fingerprint density at radius 2 is 2.05 bits per heavy atom. The topological polar surface area (TPSA) is 105 Å². The number of carbonyl (C=O) groups excluding carboxylic acids is 2. The van der Waals surface area contributed by atoms with Crippen LogP contribution in [0.4, 0.5) is 5.82 Å². The largest absolute Gasteiger partial charge is 0.497 e. The molecule has 1 unspecified atom stereocenters. The van der Waals surface area contributed by atoms with E-state index in [1.54, 1.807) is 36.5 Å². The van der Waals surface area contributed by atoms with Crippen LogP contribution in [0.15, 0.2) is 49.1 Å². The van der Waals surface area contributed by atoms with Crippen LogP contribution < -0.4 is 15.0 Å². The van der Waals surface area contributed by atoms with Crippen molar-refractivity contribution in [3.8, 4) is 11.7 Å². The highest BCUT2D eigenvalue weighted by atomic mass is 35.5. The lowest BCUT2D eigenvalue weighted by atomic mass is 10.0. The Bertz CT molecular complexity index is 1220. The first kappa shape index (κ1) is 26.4. The fraction of sp³-hybridized carbons (Fsp3) is 0.423. The molecule has 4 rings (SSSR count). The Kier molecular flexibility index (Phi) is 8.60. The number of imidazole rings is 1. The summed E-state index contributed by atoms with van der Waals surface area (Å²) >= 11 is 6.35. The zero-order chi connectivity index (χ0) is 26.4. The third-order valence-electron chi connectivity index (χ3n) is 6.16. The highest BCUT2D eigenvalue weighted by molar-refractivity contribution is 6.29. The molecule has 1 atom stereocenters. The molecule has 1 aliphatic rings. The number of rotatable bonds is 9. The molecule has 1 aliphatic heterocycles.